The summed E-state index contributed by atoms with van der Waals surface area (Å²) in [6.45, 7) is 13.1. The molecule has 0 aromatic carbocycles. The summed E-state index contributed by atoms with van der Waals surface area (Å²) in [5, 5.41) is 6.13. The van der Waals surface area contributed by atoms with Gasteiger partial charge in [0, 0.05) is 37.3 Å². The molecule has 276 valence electrons. The van der Waals surface area contributed by atoms with Crippen LogP contribution in [0, 0.1) is 23.7 Å². The Morgan fingerprint density at radius 1 is 1.04 bits per heavy atom. The van der Waals surface area contributed by atoms with Gasteiger partial charge in [-0.1, -0.05) is 65.2 Å². The molecule has 49 heavy (non-hydrogen) atoms. The van der Waals surface area contributed by atoms with Gasteiger partial charge >= 0.3 is 6.09 Å². The Bertz CT molecular complexity index is 1230. The van der Waals surface area contributed by atoms with E-state index in [9.17, 15) is 14.4 Å². The molecule has 3 saturated carbocycles. The van der Waals surface area contributed by atoms with Crippen LogP contribution in [0.4, 0.5) is 9.18 Å². The van der Waals surface area contributed by atoms with Crippen LogP contribution in [0.15, 0.2) is 11.8 Å². The maximum absolute atomic E-state index is 16.6. The van der Waals surface area contributed by atoms with Gasteiger partial charge in [0.05, 0.1) is 35.9 Å². The second kappa shape index (κ2) is 15.2. The standard InChI is InChI=1S/C39H63FN4O5/c1-7-24(8-2)13-11-12-23(3)41-37(46)29-22-44-31-18-25-14-9-10-15-26(25)19-32(31)48-36-33(44)28(35(29)45)20-30(40)34(36)43-17-16-27(21-43)42-38(47)49-39(4,5)6/h22-28,30-34,36H,7-21H2,1-6H3,(H,41,46)(H,42,47). The van der Waals surface area contributed by atoms with E-state index in [1.54, 1.807) is 0 Å². The molecule has 0 radical (unpaired) electrons. The highest BCUT2D eigenvalue weighted by Gasteiger charge is 2.61. The number of nitrogens with one attached hydrogen (secondary N) is 2. The third-order valence-corrected chi connectivity index (χ3v) is 12.8. The van der Waals surface area contributed by atoms with Gasteiger partial charge in [0.1, 0.15) is 11.8 Å². The third-order valence-electron chi connectivity index (χ3n) is 12.8. The maximum Gasteiger partial charge on any atom is 0.407 e. The molecule has 0 aromatic heterocycles. The first-order chi connectivity index (χ1) is 23.4. The van der Waals surface area contributed by atoms with Crippen LogP contribution in [0.2, 0.25) is 0 Å². The quantitative estimate of drug-likeness (QED) is 0.261. The summed E-state index contributed by atoms with van der Waals surface area (Å²) in [6.07, 6.45) is 12.6. The molecule has 11 atom stereocenters. The van der Waals surface area contributed by atoms with E-state index in [0.717, 1.165) is 32.1 Å². The van der Waals surface area contributed by atoms with E-state index in [2.05, 4.69) is 34.3 Å². The Morgan fingerprint density at radius 3 is 2.45 bits per heavy atom. The van der Waals surface area contributed by atoms with E-state index in [-0.39, 0.29) is 54.0 Å². The van der Waals surface area contributed by atoms with Crippen LogP contribution in [0.3, 0.4) is 0 Å². The van der Waals surface area contributed by atoms with Crippen LogP contribution in [-0.2, 0) is 19.1 Å². The molecule has 2 N–H and O–H groups in total. The number of likely N-dealkylation sites (tertiary alicyclic amines) is 1. The minimum Gasteiger partial charge on any atom is -0.444 e. The molecule has 5 fully saturated rings. The van der Waals surface area contributed by atoms with Crippen LogP contribution >= 0.6 is 0 Å². The largest absolute Gasteiger partial charge is 0.444 e. The lowest BCUT2D eigenvalue weighted by molar-refractivity contribution is -0.219. The van der Waals surface area contributed by atoms with Crippen molar-refractivity contribution in [1.29, 1.82) is 0 Å². The zero-order valence-corrected chi connectivity index (χ0v) is 30.9. The lowest BCUT2D eigenvalue weighted by Gasteiger charge is -2.61. The zero-order valence-electron chi connectivity index (χ0n) is 30.9. The second-order valence-corrected chi connectivity index (χ2v) is 17.3. The number of alkyl halides is 1. The van der Waals surface area contributed by atoms with Crippen molar-refractivity contribution in [2.45, 2.75) is 179 Å². The van der Waals surface area contributed by atoms with Crippen molar-refractivity contribution < 1.29 is 28.2 Å². The van der Waals surface area contributed by atoms with Gasteiger partial charge in [0.2, 0.25) is 0 Å². The van der Waals surface area contributed by atoms with Crippen LogP contribution in [0.1, 0.15) is 125 Å². The Hall–Kier alpha value is -2.20. The number of fused-ring (bicyclic) bond motifs is 3. The topological polar surface area (TPSA) is 100 Å². The SMILES string of the molecule is CCC(CC)CCCC(C)NC(=O)C1=CN2C3CC4CCCCC4CC3OC3C(N4CCC(NC(=O)OC(C)(C)C)C4)C(F)CC(C1=O)C32. The number of amides is 2. The minimum atomic E-state index is -1.29. The Morgan fingerprint density at radius 2 is 1.76 bits per heavy atom. The average Bonchev–Trinajstić information content (AvgIpc) is 3.49. The maximum atomic E-state index is 16.6. The summed E-state index contributed by atoms with van der Waals surface area (Å²) >= 11 is 0. The first-order valence-corrected chi connectivity index (χ1v) is 19.7. The highest BCUT2D eigenvalue weighted by atomic mass is 19.1. The number of ether oxygens (including phenoxy) is 2. The van der Waals surface area contributed by atoms with Crippen molar-refractivity contribution in [3.8, 4) is 0 Å². The number of halogens is 1. The summed E-state index contributed by atoms with van der Waals surface area (Å²) in [7, 11) is 0. The summed E-state index contributed by atoms with van der Waals surface area (Å²) in [4.78, 5) is 45.0. The van der Waals surface area contributed by atoms with Gasteiger partial charge in [-0.2, -0.15) is 0 Å². The van der Waals surface area contributed by atoms with Crippen molar-refractivity contribution in [3.63, 3.8) is 0 Å². The summed E-state index contributed by atoms with van der Waals surface area (Å²) in [6, 6.07) is -0.944. The molecule has 6 aliphatic rings. The highest BCUT2D eigenvalue weighted by Crippen LogP contribution is 2.51. The van der Waals surface area contributed by atoms with E-state index in [0.29, 0.717) is 37.3 Å². The first-order valence-electron chi connectivity index (χ1n) is 19.7. The van der Waals surface area contributed by atoms with Crippen LogP contribution in [0.25, 0.3) is 0 Å². The molecule has 0 aromatic rings. The second-order valence-electron chi connectivity index (χ2n) is 17.3. The molecule has 3 heterocycles. The predicted octanol–water partition coefficient (Wildman–Crippen LogP) is 6.30. The summed E-state index contributed by atoms with van der Waals surface area (Å²) in [5.41, 5.74) is -0.411. The lowest BCUT2D eigenvalue weighted by Crippen LogP contribution is -2.73. The molecule has 2 saturated heterocycles. The monoisotopic (exact) mass is 686 g/mol. The average molecular weight is 687 g/mol. The van der Waals surface area contributed by atoms with Crippen LogP contribution in [0.5, 0.6) is 0 Å². The number of morpholine rings is 1. The molecule has 2 amide bonds. The van der Waals surface area contributed by atoms with Gasteiger partial charge in [0.15, 0.2) is 5.78 Å². The smallest absolute Gasteiger partial charge is 0.407 e. The predicted molar refractivity (Wildman–Crippen MR) is 188 cm³/mol. The number of carbonyl (C=O) groups is 3. The number of nitrogens with zero attached hydrogens (tertiary/aromatic N) is 2. The van der Waals surface area contributed by atoms with Crippen LogP contribution in [-0.4, -0.2) is 94.9 Å². The number of ketones is 1. The van der Waals surface area contributed by atoms with Gasteiger partial charge in [-0.15, -0.1) is 0 Å². The third kappa shape index (κ3) is 8.00. The molecular formula is C39H63FN4O5. The Balaban J connectivity index is 1.22. The summed E-state index contributed by atoms with van der Waals surface area (Å²) < 4.78 is 29.1. The molecule has 6 rings (SSSR count). The fourth-order valence-electron chi connectivity index (χ4n) is 10.3. The van der Waals surface area contributed by atoms with E-state index >= 15 is 4.39 Å². The first kappa shape index (κ1) is 36.6. The highest BCUT2D eigenvalue weighted by molar-refractivity contribution is 6.20. The van der Waals surface area contributed by atoms with E-state index in [1.807, 2.05) is 33.9 Å². The lowest BCUT2D eigenvalue weighted by atomic mass is 9.64. The Kier molecular flexibility index (Phi) is 11.3. The van der Waals surface area contributed by atoms with Gasteiger partial charge < -0.3 is 25.0 Å². The van der Waals surface area contributed by atoms with E-state index in [4.69, 9.17) is 9.47 Å². The van der Waals surface area contributed by atoms with E-state index in [1.165, 1.54) is 38.5 Å². The van der Waals surface area contributed by atoms with E-state index < -0.39 is 35.9 Å². The minimum absolute atomic E-state index is 0.0433. The molecule has 3 aliphatic carbocycles. The molecule has 0 spiro atoms. The number of Topliss-reactive ketones (excluding diaryl/α,β-unsaturated/α-hetero) is 1. The normalized spacial score (nSPS) is 36.7. The summed E-state index contributed by atoms with van der Waals surface area (Å²) in [5.74, 6) is 0.749. The van der Waals surface area contributed by atoms with Crippen molar-refractivity contribution in [2.75, 3.05) is 13.1 Å². The van der Waals surface area contributed by atoms with Crippen molar-refractivity contribution in [1.82, 2.24) is 20.4 Å². The number of carbonyl (C=O) groups excluding carboxylic acids is 3. The molecule has 0 bridgehead atoms. The molecule has 9 nitrogen and oxygen atoms in total. The van der Waals surface area contributed by atoms with Gasteiger partial charge in [0.25, 0.3) is 5.91 Å². The molecule has 10 heteroatoms. The fourth-order valence-corrected chi connectivity index (χ4v) is 10.3. The number of rotatable bonds is 10. The zero-order chi connectivity index (χ0) is 35.0. The number of alkyl carbamates (subject to hydrolysis) is 1. The Labute approximate surface area is 293 Å². The number of hydrogen-bond acceptors (Lipinski definition) is 7. The molecule has 3 aliphatic heterocycles. The molecular weight excluding hydrogens is 623 g/mol. The van der Waals surface area contributed by atoms with Crippen molar-refractivity contribution >= 4 is 17.8 Å². The number of hydrogen-bond donors (Lipinski definition) is 2. The van der Waals surface area contributed by atoms with Gasteiger partial charge in [-0.3, -0.25) is 14.5 Å². The molecule has 11 unspecified atom stereocenters. The van der Waals surface area contributed by atoms with Crippen molar-refractivity contribution in [3.05, 3.63) is 11.8 Å². The van der Waals surface area contributed by atoms with Crippen LogP contribution < -0.4 is 10.6 Å². The van der Waals surface area contributed by atoms with Gasteiger partial charge in [-0.25, -0.2) is 9.18 Å². The van der Waals surface area contributed by atoms with Gasteiger partial charge in [-0.05, 0) is 77.6 Å². The fraction of sp³-hybridized carbons (Fsp3) is 0.872. The van der Waals surface area contributed by atoms with Crippen molar-refractivity contribution in [2.24, 2.45) is 23.7 Å².